The van der Waals surface area contributed by atoms with E-state index in [-0.39, 0.29) is 20.1 Å². The molecule has 0 bridgehead atoms. The summed E-state index contributed by atoms with van der Waals surface area (Å²) in [6.45, 7) is 0. The molecule has 21 aromatic rings. The minimum atomic E-state index is 0. The summed E-state index contributed by atoms with van der Waals surface area (Å²) in [6.07, 6.45) is 5.70. The topological polar surface area (TPSA) is 53.5 Å². The molecule has 0 atom stereocenters. The molecular formula is C99H66IrN6+3. The van der Waals surface area contributed by atoms with Gasteiger partial charge in [-0.15, -0.1) is 0 Å². The van der Waals surface area contributed by atoms with Crippen LogP contribution >= 0.6 is 0 Å². The summed E-state index contributed by atoms with van der Waals surface area (Å²) in [5.74, 6) is 0. The van der Waals surface area contributed by atoms with Gasteiger partial charge in [-0.3, -0.25) is 15.0 Å². The van der Waals surface area contributed by atoms with Gasteiger partial charge in [0.1, 0.15) is 0 Å². The summed E-state index contributed by atoms with van der Waals surface area (Å²) in [5.41, 5.74) is 24.4. The van der Waals surface area contributed by atoms with E-state index in [1.807, 2.05) is 18.6 Å². The molecule has 0 aliphatic rings. The standard InChI is InChI=1S/3C33H22N2.Ir/c3*1-2-9-23(10-3-1)25-17-18-32-30(22-25)29-15-6-7-16-31(29)35(32)27-13-8-12-26(21-27)33-28-14-5-4-11-24(28)19-20-34-33;/h3*1-22H;/q;;;+3. The van der Waals surface area contributed by atoms with Crippen molar-refractivity contribution in [3.05, 3.63) is 401 Å². The van der Waals surface area contributed by atoms with Crippen LogP contribution < -0.4 is 0 Å². The first-order valence-corrected chi connectivity index (χ1v) is 35.7. The van der Waals surface area contributed by atoms with Gasteiger partial charge in [0, 0.05) is 101 Å². The number of benzene rings is 15. The fourth-order valence-corrected chi connectivity index (χ4v) is 15.6. The maximum absolute atomic E-state index is 4.76. The minimum Gasteiger partial charge on any atom is -0.309 e. The molecule has 21 rings (SSSR count). The summed E-state index contributed by atoms with van der Waals surface area (Å²) < 4.78 is 7.11. The Bertz CT molecular complexity index is 6180. The predicted octanol–water partition coefficient (Wildman–Crippen LogP) is 26.0. The Hall–Kier alpha value is -13.4. The minimum absolute atomic E-state index is 0. The number of fused-ring (bicyclic) bond motifs is 12. The maximum Gasteiger partial charge on any atom is 3.00 e. The van der Waals surface area contributed by atoms with Gasteiger partial charge in [0.2, 0.25) is 0 Å². The summed E-state index contributed by atoms with van der Waals surface area (Å²) in [5, 5.41) is 14.7. The molecule has 0 amide bonds. The Balaban J connectivity index is 0.000000112. The largest absolute Gasteiger partial charge is 3.00 e. The molecule has 7 heteroatoms. The van der Waals surface area contributed by atoms with Crippen molar-refractivity contribution in [2.45, 2.75) is 0 Å². The van der Waals surface area contributed by atoms with Crippen LogP contribution in [0.2, 0.25) is 0 Å². The summed E-state index contributed by atoms with van der Waals surface area (Å²) >= 11 is 0. The molecule has 0 radical (unpaired) electrons. The fraction of sp³-hybridized carbons (Fsp3) is 0. The van der Waals surface area contributed by atoms with Crippen molar-refractivity contribution in [2.75, 3.05) is 0 Å². The van der Waals surface area contributed by atoms with E-state index in [4.69, 9.17) is 15.0 Å². The molecule has 0 saturated carbocycles. The normalized spacial score (nSPS) is 11.3. The monoisotopic (exact) mass is 1530 g/mol. The van der Waals surface area contributed by atoms with Gasteiger partial charge in [0.05, 0.1) is 50.2 Å². The van der Waals surface area contributed by atoms with Crippen LogP contribution in [-0.4, -0.2) is 28.7 Å². The molecule has 15 aromatic carbocycles. The van der Waals surface area contributed by atoms with Crippen molar-refractivity contribution in [1.29, 1.82) is 0 Å². The van der Waals surface area contributed by atoms with Crippen molar-refractivity contribution in [3.8, 4) is 84.2 Å². The van der Waals surface area contributed by atoms with E-state index in [0.717, 1.165) is 50.8 Å². The number of hydrogen-bond acceptors (Lipinski definition) is 3. The average Bonchev–Trinajstić information content (AvgIpc) is 1.60. The van der Waals surface area contributed by atoms with Crippen LogP contribution in [0.3, 0.4) is 0 Å². The zero-order valence-electron chi connectivity index (χ0n) is 57.6. The molecule has 6 nitrogen and oxygen atoms in total. The summed E-state index contributed by atoms with van der Waals surface area (Å²) in [6, 6.07) is 136. The molecule has 106 heavy (non-hydrogen) atoms. The van der Waals surface area contributed by atoms with Crippen molar-refractivity contribution in [3.63, 3.8) is 0 Å². The Morgan fingerprint density at radius 3 is 0.708 bits per heavy atom. The molecule has 0 spiro atoms. The molecule has 498 valence electrons. The van der Waals surface area contributed by atoms with Crippen LogP contribution in [0.15, 0.2) is 401 Å². The van der Waals surface area contributed by atoms with Gasteiger partial charge in [-0.1, -0.05) is 273 Å². The van der Waals surface area contributed by atoms with Crippen LogP contribution in [0, 0.1) is 0 Å². The first kappa shape index (κ1) is 64.7. The smallest absolute Gasteiger partial charge is 0.309 e. The van der Waals surface area contributed by atoms with E-state index >= 15 is 0 Å². The molecule has 6 heterocycles. The summed E-state index contributed by atoms with van der Waals surface area (Å²) in [4.78, 5) is 14.3. The molecule has 0 unspecified atom stereocenters. The van der Waals surface area contributed by atoms with Gasteiger partial charge in [0.25, 0.3) is 0 Å². The molecule has 0 aliphatic carbocycles. The first-order valence-electron chi connectivity index (χ1n) is 35.7. The number of para-hydroxylation sites is 3. The molecule has 0 aliphatic heterocycles. The van der Waals surface area contributed by atoms with Crippen LogP contribution in [0.4, 0.5) is 0 Å². The molecule has 6 aromatic heterocycles. The second-order valence-corrected chi connectivity index (χ2v) is 26.6. The fourth-order valence-electron chi connectivity index (χ4n) is 15.6. The number of pyridine rings is 3. The van der Waals surface area contributed by atoms with Crippen LogP contribution in [0.25, 0.3) is 182 Å². The zero-order chi connectivity index (χ0) is 69.6. The number of nitrogens with zero attached hydrogens (tertiary/aromatic N) is 6. The Kier molecular flexibility index (Phi) is 17.1. The second kappa shape index (κ2) is 28.1. The third kappa shape index (κ3) is 11.9. The quantitative estimate of drug-likeness (QED) is 0.145. The van der Waals surface area contributed by atoms with Crippen molar-refractivity contribution >= 4 is 97.7 Å². The molecule has 0 saturated heterocycles. The average molecular weight is 1530 g/mol. The maximum atomic E-state index is 4.76. The van der Waals surface area contributed by atoms with Crippen LogP contribution in [-0.2, 0) is 20.1 Å². The number of rotatable bonds is 9. The van der Waals surface area contributed by atoms with E-state index in [2.05, 4.69) is 396 Å². The zero-order valence-corrected chi connectivity index (χ0v) is 60.0. The molecule has 0 fully saturated rings. The van der Waals surface area contributed by atoms with Gasteiger partial charge in [0.15, 0.2) is 0 Å². The van der Waals surface area contributed by atoms with Crippen molar-refractivity contribution in [1.82, 2.24) is 28.7 Å². The number of aromatic nitrogens is 6. The van der Waals surface area contributed by atoms with Crippen molar-refractivity contribution < 1.29 is 20.1 Å². The van der Waals surface area contributed by atoms with E-state index in [0.29, 0.717) is 0 Å². The van der Waals surface area contributed by atoms with E-state index in [9.17, 15) is 0 Å². The van der Waals surface area contributed by atoms with E-state index in [1.165, 1.54) is 131 Å². The Morgan fingerprint density at radius 2 is 0.406 bits per heavy atom. The SMILES string of the molecule is [Ir+3].c1ccc(-c2ccc3c(c2)c2ccccc2n3-c2cccc(-c3nccc4ccccc34)c2)cc1.c1ccc(-c2ccc3c(c2)c2ccccc2n3-c2cccc(-c3nccc4ccccc34)c2)cc1.c1ccc(-c2ccc3c(c2)c2ccccc2n3-c2cccc(-c3nccc4ccccc34)c2)cc1. The Morgan fingerprint density at radius 1 is 0.160 bits per heavy atom. The van der Waals surface area contributed by atoms with Crippen molar-refractivity contribution in [2.24, 2.45) is 0 Å². The van der Waals surface area contributed by atoms with E-state index < -0.39 is 0 Å². The van der Waals surface area contributed by atoms with Crippen LogP contribution in [0.1, 0.15) is 0 Å². The Labute approximate surface area is 627 Å². The molecule has 0 N–H and O–H groups in total. The van der Waals surface area contributed by atoms with E-state index in [1.54, 1.807) is 0 Å². The second-order valence-electron chi connectivity index (χ2n) is 26.6. The van der Waals surface area contributed by atoms with Gasteiger partial charge >= 0.3 is 20.1 Å². The third-order valence-corrected chi connectivity index (χ3v) is 20.5. The van der Waals surface area contributed by atoms with Gasteiger partial charge in [-0.25, -0.2) is 0 Å². The predicted molar refractivity (Wildman–Crippen MR) is 441 cm³/mol. The van der Waals surface area contributed by atoms with Crippen LogP contribution in [0.5, 0.6) is 0 Å². The number of hydrogen-bond donors (Lipinski definition) is 0. The van der Waals surface area contributed by atoms with Gasteiger partial charge in [-0.2, -0.15) is 0 Å². The molecular weight excluding hydrogens is 1470 g/mol. The summed E-state index contributed by atoms with van der Waals surface area (Å²) in [7, 11) is 0. The van der Waals surface area contributed by atoms with Gasteiger partial charge < -0.3 is 13.7 Å². The van der Waals surface area contributed by atoms with Gasteiger partial charge in [-0.05, 0) is 159 Å². The first-order chi connectivity index (χ1) is 52.1. The third-order valence-electron chi connectivity index (χ3n) is 20.5.